The number of hydrogen-bond acceptors (Lipinski definition) is 5. The molecule has 5 nitrogen and oxygen atoms in total. The van der Waals surface area contributed by atoms with Gasteiger partial charge in [-0.3, -0.25) is 5.01 Å². The third kappa shape index (κ3) is 3.70. The lowest BCUT2D eigenvalue weighted by atomic mass is 9.93. The van der Waals surface area contributed by atoms with Crippen LogP contribution in [0.5, 0.6) is 0 Å². The molecular weight excluding hydrogens is 391 g/mol. The van der Waals surface area contributed by atoms with E-state index in [1.54, 1.807) is 49.4 Å². The minimum absolute atomic E-state index is 0.208. The van der Waals surface area contributed by atoms with Crippen molar-refractivity contribution >= 4 is 17.3 Å². The van der Waals surface area contributed by atoms with Crippen LogP contribution in [0.2, 0.25) is 5.02 Å². The zero-order valence-corrected chi connectivity index (χ0v) is 16.2. The molecule has 2 aromatic carbocycles. The maximum Gasteiger partial charge on any atom is 0.222 e. The highest BCUT2D eigenvalue weighted by atomic mass is 35.5. The average Bonchev–Trinajstić information content (AvgIpc) is 2.72. The topological polar surface area (TPSA) is 72.5 Å². The van der Waals surface area contributed by atoms with E-state index in [9.17, 15) is 14.8 Å². The number of rotatable bonds is 3. The fourth-order valence-corrected chi connectivity index (χ4v) is 3.38. The summed E-state index contributed by atoms with van der Waals surface area (Å²) in [6.07, 6.45) is -1.04. The number of nitrogens with zero attached hydrogens (tertiary/aromatic N) is 4. The van der Waals surface area contributed by atoms with Crippen LogP contribution in [-0.2, 0) is 6.54 Å². The van der Waals surface area contributed by atoms with Gasteiger partial charge >= 0.3 is 0 Å². The van der Waals surface area contributed by atoms with E-state index in [0.717, 1.165) is 5.56 Å². The van der Waals surface area contributed by atoms with E-state index in [4.69, 9.17) is 11.6 Å². The van der Waals surface area contributed by atoms with E-state index in [1.807, 2.05) is 12.1 Å². The Morgan fingerprint density at radius 1 is 1.14 bits per heavy atom. The van der Waals surface area contributed by atoms with E-state index in [2.05, 4.69) is 16.2 Å². The van der Waals surface area contributed by atoms with Crippen molar-refractivity contribution in [3.63, 3.8) is 0 Å². The number of aryl methyl sites for hydroxylation is 1. The molecule has 0 amide bonds. The van der Waals surface area contributed by atoms with Gasteiger partial charge in [0.2, 0.25) is 5.95 Å². The van der Waals surface area contributed by atoms with Gasteiger partial charge in [0.15, 0.2) is 6.23 Å². The second kappa shape index (κ2) is 7.63. The van der Waals surface area contributed by atoms with E-state index >= 15 is 0 Å². The van der Waals surface area contributed by atoms with Gasteiger partial charge in [0, 0.05) is 21.8 Å². The molecule has 144 valence electrons. The first-order chi connectivity index (χ1) is 14.0. The number of hydrogen-bond donors (Lipinski definition) is 1. The molecule has 0 saturated carbocycles. The number of hydrazone groups is 1. The lowest BCUT2D eigenvalue weighted by molar-refractivity contribution is -0.00565. The van der Waals surface area contributed by atoms with E-state index < -0.39 is 12.2 Å². The van der Waals surface area contributed by atoms with Gasteiger partial charge in [0.1, 0.15) is 5.71 Å². The molecule has 3 aromatic rings. The summed E-state index contributed by atoms with van der Waals surface area (Å²) in [6, 6.07) is 17.5. The van der Waals surface area contributed by atoms with Gasteiger partial charge in [-0.25, -0.2) is 4.98 Å². The lowest BCUT2D eigenvalue weighted by Crippen LogP contribution is -2.31. The van der Waals surface area contributed by atoms with Crippen molar-refractivity contribution in [2.45, 2.75) is 19.7 Å². The first-order valence-corrected chi connectivity index (χ1v) is 9.30. The number of aliphatic hydroxyl groups excluding tert-OH is 1. The Bertz CT molecular complexity index is 1150. The predicted molar refractivity (Wildman–Crippen MR) is 108 cm³/mol. The Hall–Kier alpha value is -3.27. The molecular formula is C22H16ClFN4O. The van der Waals surface area contributed by atoms with Crippen molar-refractivity contribution in [2.75, 3.05) is 0 Å². The molecule has 0 bridgehead atoms. The predicted octanol–water partition coefficient (Wildman–Crippen LogP) is 4.31. The third-order valence-electron chi connectivity index (χ3n) is 4.73. The van der Waals surface area contributed by atoms with Crippen molar-refractivity contribution in [3.05, 3.63) is 99.1 Å². The highest BCUT2D eigenvalue weighted by Crippen LogP contribution is 2.32. The minimum atomic E-state index is -1.04. The van der Waals surface area contributed by atoms with E-state index in [1.165, 1.54) is 5.01 Å². The summed E-state index contributed by atoms with van der Waals surface area (Å²) in [5.41, 5.74) is 3.41. The van der Waals surface area contributed by atoms with Crippen molar-refractivity contribution in [3.8, 4) is 6.07 Å². The van der Waals surface area contributed by atoms with Crippen molar-refractivity contribution in [1.29, 1.82) is 5.26 Å². The van der Waals surface area contributed by atoms with Gasteiger partial charge in [-0.1, -0.05) is 29.8 Å². The molecule has 1 atom stereocenters. The highest BCUT2D eigenvalue weighted by molar-refractivity contribution is 6.30. The molecule has 1 unspecified atom stereocenters. The zero-order valence-electron chi connectivity index (χ0n) is 15.5. The number of nitriles is 1. The second-order valence-corrected chi connectivity index (χ2v) is 7.19. The molecule has 0 fully saturated rings. The smallest absolute Gasteiger partial charge is 0.222 e. The van der Waals surface area contributed by atoms with Crippen LogP contribution < -0.4 is 0 Å². The fourth-order valence-electron chi connectivity index (χ4n) is 3.25. The van der Waals surface area contributed by atoms with Crippen molar-refractivity contribution in [2.24, 2.45) is 5.10 Å². The van der Waals surface area contributed by atoms with Crippen LogP contribution in [0.4, 0.5) is 4.39 Å². The summed E-state index contributed by atoms with van der Waals surface area (Å²) in [5.74, 6) is -0.653. The summed E-state index contributed by atoms with van der Waals surface area (Å²) >= 11 is 5.95. The Morgan fingerprint density at radius 3 is 2.59 bits per heavy atom. The Labute approximate surface area is 172 Å². The van der Waals surface area contributed by atoms with E-state index in [0.29, 0.717) is 39.7 Å². The Balaban J connectivity index is 1.84. The number of aliphatic hydroxyl groups is 1. The van der Waals surface area contributed by atoms with Gasteiger partial charge in [0.25, 0.3) is 0 Å². The first kappa shape index (κ1) is 19.1. The van der Waals surface area contributed by atoms with Crippen LogP contribution >= 0.6 is 11.6 Å². The quantitative estimate of drug-likeness (QED) is 0.658. The van der Waals surface area contributed by atoms with Crippen LogP contribution in [0.1, 0.15) is 39.7 Å². The fraction of sp³-hybridized carbons (Fsp3) is 0.136. The molecule has 29 heavy (non-hydrogen) atoms. The Kier molecular flexibility index (Phi) is 5.01. The summed E-state index contributed by atoms with van der Waals surface area (Å²) in [5, 5.41) is 26.8. The molecule has 0 radical (unpaired) electrons. The van der Waals surface area contributed by atoms with Gasteiger partial charge in [-0.2, -0.15) is 14.8 Å². The number of aromatic nitrogens is 1. The standard InChI is InChI=1S/C22H16ClFN4O/c1-13-2-8-18(21(24)26-13)20-19-10-15(11-25)5-9-17(19)22(29)28(27-20)12-14-3-6-16(23)7-4-14/h2-10,22,29H,12H2,1H3. The molecule has 4 rings (SSSR count). The first-order valence-electron chi connectivity index (χ1n) is 8.92. The third-order valence-corrected chi connectivity index (χ3v) is 4.98. The number of pyridine rings is 1. The van der Waals surface area contributed by atoms with Crippen LogP contribution in [0.15, 0.2) is 59.7 Å². The maximum absolute atomic E-state index is 14.7. The summed E-state index contributed by atoms with van der Waals surface area (Å²) in [7, 11) is 0. The van der Waals surface area contributed by atoms with Gasteiger partial charge in [-0.15, -0.1) is 0 Å². The van der Waals surface area contributed by atoms with Gasteiger partial charge in [0.05, 0.1) is 23.7 Å². The zero-order chi connectivity index (χ0) is 20.5. The van der Waals surface area contributed by atoms with E-state index in [-0.39, 0.29) is 5.56 Å². The number of fused-ring (bicyclic) bond motifs is 1. The molecule has 0 saturated heterocycles. The average molecular weight is 407 g/mol. The van der Waals surface area contributed by atoms with Crippen LogP contribution in [0.25, 0.3) is 0 Å². The Morgan fingerprint density at radius 2 is 1.90 bits per heavy atom. The number of halogens is 2. The molecule has 0 aliphatic carbocycles. The van der Waals surface area contributed by atoms with Crippen LogP contribution in [0, 0.1) is 24.2 Å². The number of benzene rings is 2. The van der Waals surface area contributed by atoms with Crippen LogP contribution in [-0.4, -0.2) is 20.8 Å². The second-order valence-electron chi connectivity index (χ2n) is 6.75. The highest BCUT2D eigenvalue weighted by Gasteiger charge is 2.30. The van der Waals surface area contributed by atoms with Crippen LogP contribution in [0.3, 0.4) is 0 Å². The summed E-state index contributed by atoms with van der Waals surface area (Å²) in [6.45, 7) is 2.00. The largest absolute Gasteiger partial charge is 0.368 e. The normalized spacial score (nSPS) is 15.5. The molecule has 1 aliphatic heterocycles. The van der Waals surface area contributed by atoms with Gasteiger partial charge in [-0.05, 0) is 48.9 Å². The molecule has 1 aromatic heterocycles. The summed E-state index contributed by atoms with van der Waals surface area (Å²) < 4.78 is 14.7. The van der Waals surface area contributed by atoms with Crippen molar-refractivity contribution < 1.29 is 9.50 Å². The maximum atomic E-state index is 14.7. The van der Waals surface area contributed by atoms with Gasteiger partial charge < -0.3 is 5.11 Å². The SMILES string of the molecule is Cc1ccc(C2=NN(Cc3ccc(Cl)cc3)C(O)c3ccc(C#N)cc32)c(F)n1. The lowest BCUT2D eigenvalue weighted by Gasteiger charge is -2.32. The summed E-state index contributed by atoms with van der Waals surface area (Å²) in [4.78, 5) is 3.89. The monoisotopic (exact) mass is 406 g/mol. The minimum Gasteiger partial charge on any atom is -0.368 e. The molecule has 1 N–H and O–H groups in total. The molecule has 1 aliphatic rings. The molecule has 7 heteroatoms. The van der Waals surface area contributed by atoms with Crippen molar-refractivity contribution in [1.82, 2.24) is 9.99 Å². The molecule has 2 heterocycles. The molecule has 0 spiro atoms.